The van der Waals surface area contributed by atoms with Gasteiger partial charge in [-0.3, -0.25) is 4.79 Å². The predicted octanol–water partition coefficient (Wildman–Crippen LogP) is 3.12. The molecule has 0 spiro atoms. The maximum atomic E-state index is 12.6. The lowest BCUT2D eigenvalue weighted by Gasteiger charge is -2.32. The zero-order valence-electron chi connectivity index (χ0n) is 12.9. The highest BCUT2D eigenvalue weighted by Gasteiger charge is 2.26. The Labute approximate surface area is 131 Å². The van der Waals surface area contributed by atoms with E-state index >= 15 is 0 Å². The Bertz CT molecular complexity index is 449. The number of para-hydroxylation sites is 1. The van der Waals surface area contributed by atoms with Crippen molar-refractivity contribution in [3.8, 4) is 5.75 Å². The number of aliphatic hydroxyl groups excluding tert-OH is 1. The van der Waals surface area contributed by atoms with Crippen LogP contribution in [-0.4, -0.2) is 41.2 Å². The molecule has 0 fully saturated rings. The van der Waals surface area contributed by atoms with E-state index < -0.39 is 6.10 Å². The molecular formula is C16H24ClNO3. The summed E-state index contributed by atoms with van der Waals surface area (Å²) in [6, 6.07) is 7.19. The lowest BCUT2D eigenvalue weighted by atomic mass is 10.1. The molecule has 1 unspecified atom stereocenters. The lowest BCUT2D eigenvalue weighted by molar-refractivity contribution is -0.141. The van der Waals surface area contributed by atoms with E-state index in [1.54, 1.807) is 24.0 Å². The van der Waals surface area contributed by atoms with Crippen molar-refractivity contribution in [2.75, 3.05) is 13.2 Å². The number of carbonyl (C=O) groups excluding carboxylic acids is 1. The summed E-state index contributed by atoms with van der Waals surface area (Å²) in [5.41, 5.74) is 0. The van der Waals surface area contributed by atoms with E-state index in [1.165, 1.54) is 0 Å². The molecule has 118 valence electrons. The molecular weight excluding hydrogens is 290 g/mol. The first-order valence-corrected chi connectivity index (χ1v) is 7.75. The number of nitrogens with zero attached hydrogens (tertiary/aromatic N) is 1. The van der Waals surface area contributed by atoms with E-state index in [0.717, 1.165) is 12.8 Å². The summed E-state index contributed by atoms with van der Waals surface area (Å²) in [6.45, 7) is 6.04. The van der Waals surface area contributed by atoms with E-state index in [0.29, 0.717) is 17.3 Å². The standard InChI is InChI=1S/C16H24ClNO3/c1-4-13(5-2)18(10-11-19)16(20)12(3)21-15-9-7-6-8-14(15)17/h6-9,12-13,19H,4-5,10-11H2,1-3H3. The first-order chi connectivity index (χ1) is 10.0. The number of carbonyl (C=O) groups is 1. The Morgan fingerprint density at radius 2 is 1.95 bits per heavy atom. The topological polar surface area (TPSA) is 49.8 Å². The van der Waals surface area contributed by atoms with Gasteiger partial charge >= 0.3 is 0 Å². The molecule has 0 aliphatic carbocycles. The minimum atomic E-state index is -0.642. The van der Waals surface area contributed by atoms with Gasteiger partial charge in [0, 0.05) is 12.6 Å². The zero-order valence-corrected chi connectivity index (χ0v) is 13.6. The molecule has 0 saturated carbocycles. The van der Waals surface area contributed by atoms with Gasteiger partial charge in [-0.05, 0) is 31.9 Å². The molecule has 0 radical (unpaired) electrons. The van der Waals surface area contributed by atoms with Gasteiger partial charge in [-0.25, -0.2) is 0 Å². The van der Waals surface area contributed by atoms with Crippen molar-refractivity contribution >= 4 is 17.5 Å². The SMILES string of the molecule is CCC(CC)N(CCO)C(=O)C(C)Oc1ccccc1Cl. The summed E-state index contributed by atoms with van der Waals surface area (Å²) in [6.07, 6.45) is 1.05. The average Bonchev–Trinajstić information content (AvgIpc) is 2.49. The number of aliphatic hydroxyl groups is 1. The van der Waals surface area contributed by atoms with Crippen molar-refractivity contribution < 1.29 is 14.6 Å². The molecule has 1 rings (SSSR count). The second-order valence-electron chi connectivity index (χ2n) is 4.92. The van der Waals surface area contributed by atoms with Crippen molar-refractivity contribution in [2.24, 2.45) is 0 Å². The Morgan fingerprint density at radius 3 is 2.48 bits per heavy atom. The number of rotatable bonds is 8. The molecule has 1 atom stereocenters. The zero-order chi connectivity index (χ0) is 15.8. The van der Waals surface area contributed by atoms with Gasteiger partial charge in [0.1, 0.15) is 5.75 Å². The first-order valence-electron chi connectivity index (χ1n) is 7.37. The third kappa shape index (κ3) is 4.90. The van der Waals surface area contributed by atoms with Crippen LogP contribution in [0.5, 0.6) is 5.75 Å². The van der Waals surface area contributed by atoms with Crippen molar-refractivity contribution in [1.82, 2.24) is 4.90 Å². The van der Waals surface area contributed by atoms with Gasteiger partial charge in [-0.1, -0.05) is 37.6 Å². The average molecular weight is 314 g/mol. The molecule has 21 heavy (non-hydrogen) atoms. The van der Waals surface area contributed by atoms with Crippen molar-refractivity contribution in [3.05, 3.63) is 29.3 Å². The molecule has 0 aromatic heterocycles. The smallest absolute Gasteiger partial charge is 0.263 e. The summed E-state index contributed by atoms with van der Waals surface area (Å²) in [7, 11) is 0. The number of halogens is 1. The Morgan fingerprint density at radius 1 is 1.33 bits per heavy atom. The molecule has 0 aliphatic heterocycles. The number of ether oxygens (including phenoxy) is 1. The van der Waals surface area contributed by atoms with E-state index in [9.17, 15) is 9.90 Å². The Kier molecular flexibility index (Phi) is 7.54. The van der Waals surface area contributed by atoms with Crippen LogP contribution in [0.3, 0.4) is 0 Å². The first kappa shape index (κ1) is 17.8. The molecule has 0 saturated heterocycles. The number of hydrogen-bond donors (Lipinski definition) is 1. The van der Waals surface area contributed by atoms with Crippen LogP contribution < -0.4 is 4.74 Å². The molecule has 5 heteroatoms. The van der Waals surface area contributed by atoms with Crippen LogP contribution in [0.25, 0.3) is 0 Å². The monoisotopic (exact) mass is 313 g/mol. The van der Waals surface area contributed by atoms with E-state index in [2.05, 4.69) is 0 Å². The van der Waals surface area contributed by atoms with Crippen LogP contribution in [0.2, 0.25) is 5.02 Å². The summed E-state index contributed by atoms with van der Waals surface area (Å²) < 4.78 is 5.67. The number of benzene rings is 1. The van der Waals surface area contributed by atoms with Crippen LogP contribution in [0.4, 0.5) is 0 Å². The van der Waals surface area contributed by atoms with Crippen LogP contribution in [-0.2, 0) is 4.79 Å². The van der Waals surface area contributed by atoms with Gasteiger partial charge in [0.05, 0.1) is 11.6 Å². The summed E-state index contributed by atoms with van der Waals surface area (Å²) in [5, 5.41) is 9.67. The van der Waals surface area contributed by atoms with E-state index in [4.69, 9.17) is 16.3 Å². The lowest BCUT2D eigenvalue weighted by Crippen LogP contribution is -2.47. The normalized spacial score (nSPS) is 12.3. The summed E-state index contributed by atoms with van der Waals surface area (Å²) in [4.78, 5) is 14.3. The van der Waals surface area contributed by atoms with Gasteiger partial charge in [-0.2, -0.15) is 0 Å². The van der Waals surface area contributed by atoms with Crippen molar-refractivity contribution in [3.63, 3.8) is 0 Å². The molecule has 1 aromatic carbocycles. The summed E-state index contributed by atoms with van der Waals surface area (Å²) >= 11 is 6.04. The molecule has 0 aliphatic rings. The van der Waals surface area contributed by atoms with Crippen molar-refractivity contribution in [2.45, 2.75) is 45.8 Å². The van der Waals surface area contributed by atoms with Crippen molar-refractivity contribution in [1.29, 1.82) is 0 Å². The van der Waals surface area contributed by atoms with Crippen LogP contribution in [0.1, 0.15) is 33.6 Å². The fraction of sp³-hybridized carbons (Fsp3) is 0.562. The third-order valence-corrected chi connectivity index (χ3v) is 3.81. The van der Waals surface area contributed by atoms with Gasteiger partial charge < -0.3 is 14.7 Å². The second-order valence-corrected chi connectivity index (χ2v) is 5.32. The maximum Gasteiger partial charge on any atom is 0.263 e. The summed E-state index contributed by atoms with van der Waals surface area (Å²) in [5.74, 6) is 0.367. The molecule has 1 N–H and O–H groups in total. The van der Waals surface area contributed by atoms with Crippen LogP contribution in [0.15, 0.2) is 24.3 Å². The third-order valence-electron chi connectivity index (χ3n) is 3.50. The highest BCUT2D eigenvalue weighted by molar-refractivity contribution is 6.32. The van der Waals surface area contributed by atoms with Gasteiger partial charge in [0.25, 0.3) is 5.91 Å². The second kappa shape index (κ2) is 8.90. The number of amides is 1. The minimum absolute atomic E-state index is 0.0545. The van der Waals surface area contributed by atoms with Crippen LogP contribution >= 0.6 is 11.6 Å². The number of hydrogen-bond acceptors (Lipinski definition) is 3. The van der Waals surface area contributed by atoms with Gasteiger partial charge in [0.2, 0.25) is 0 Å². The quantitative estimate of drug-likeness (QED) is 0.802. The Hall–Kier alpha value is -1.26. The largest absolute Gasteiger partial charge is 0.479 e. The minimum Gasteiger partial charge on any atom is -0.479 e. The highest BCUT2D eigenvalue weighted by Crippen LogP contribution is 2.25. The van der Waals surface area contributed by atoms with E-state index in [-0.39, 0.29) is 18.6 Å². The molecule has 1 amide bonds. The Balaban J connectivity index is 2.80. The molecule has 1 aromatic rings. The predicted molar refractivity (Wildman–Crippen MR) is 84.7 cm³/mol. The maximum absolute atomic E-state index is 12.6. The fourth-order valence-corrected chi connectivity index (χ4v) is 2.50. The van der Waals surface area contributed by atoms with Crippen LogP contribution in [0, 0.1) is 0 Å². The van der Waals surface area contributed by atoms with E-state index in [1.807, 2.05) is 26.0 Å². The molecule has 4 nitrogen and oxygen atoms in total. The highest BCUT2D eigenvalue weighted by atomic mass is 35.5. The molecule has 0 heterocycles. The fourth-order valence-electron chi connectivity index (χ4n) is 2.32. The van der Waals surface area contributed by atoms with Gasteiger partial charge in [-0.15, -0.1) is 0 Å². The van der Waals surface area contributed by atoms with Gasteiger partial charge in [0.15, 0.2) is 6.10 Å². The molecule has 0 bridgehead atoms.